The largest absolute Gasteiger partial charge is 0.490 e. The number of halogens is 3. The van der Waals surface area contributed by atoms with E-state index in [2.05, 4.69) is 31.9 Å². The number of thiophene rings is 1. The highest BCUT2D eigenvalue weighted by atomic mass is 79.9. The monoisotopic (exact) mass is 452 g/mol. The van der Waals surface area contributed by atoms with Crippen LogP contribution in [0.1, 0.15) is 29.1 Å². The van der Waals surface area contributed by atoms with E-state index in [0.29, 0.717) is 13.2 Å². The molecule has 1 aromatic carbocycles. The van der Waals surface area contributed by atoms with Crippen LogP contribution in [0.2, 0.25) is 5.02 Å². The van der Waals surface area contributed by atoms with Gasteiger partial charge in [-0.15, -0.1) is 11.3 Å². The van der Waals surface area contributed by atoms with Crippen LogP contribution in [0.4, 0.5) is 0 Å². The summed E-state index contributed by atoms with van der Waals surface area (Å²) in [4.78, 5) is 1.21. The molecule has 0 amide bonds. The third kappa shape index (κ3) is 4.15. The molecule has 2 aromatic rings. The maximum absolute atomic E-state index is 6.11. The van der Waals surface area contributed by atoms with Gasteiger partial charge < -0.3 is 9.47 Å². The van der Waals surface area contributed by atoms with E-state index in [0.717, 1.165) is 30.7 Å². The summed E-state index contributed by atoms with van der Waals surface area (Å²) < 4.78 is 12.2. The number of hydrogen-bond acceptors (Lipinski definition) is 3. The summed E-state index contributed by atoms with van der Waals surface area (Å²) in [6.07, 6.45) is 0. The molecule has 1 heterocycles. The molecule has 0 N–H and O–H groups in total. The average molecular weight is 455 g/mol. The highest BCUT2D eigenvalue weighted by Gasteiger charge is 2.17. The summed E-state index contributed by atoms with van der Waals surface area (Å²) in [6.45, 7) is 5.14. The molecule has 0 fully saturated rings. The Bertz CT molecular complexity index is 596. The van der Waals surface area contributed by atoms with Crippen molar-refractivity contribution in [2.24, 2.45) is 0 Å². The predicted molar refractivity (Wildman–Crippen MR) is 96.6 cm³/mol. The lowest BCUT2D eigenvalue weighted by atomic mass is 10.1. The van der Waals surface area contributed by atoms with Crippen molar-refractivity contribution in [3.8, 4) is 11.5 Å². The number of alkyl halides is 1. The third-order valence-electron chi connectivity index (χ3n) is 2.77. The molecule has 0 aliphatic rings. The van der Waals surface area contributed by atoms with Crippen LogP contribution in [0.15, 0.2) is 28.1 Å². The molecule has 114 valence electrons. The third-order valence-corrected chi connectivity index (χ3v) is 6.64. The molecule has 0 radical (unpaired) electrons. The molecule has 0 aliphatic carbocycles. The van der Waals surface area contributed by atoms with Crippen LogP contribution in [-0.2, 0) is 0 Å². The van der Waals surface area contributed by atoms with Gasteiger partial charge in [0.05, 0.1) is 26.8 Å². The standard InChI is InChI=1S/C15H15Br2ClO2S/c1-3-19-11-6-5-9(7-12(11)20-4-2)14(16)13-8-10(18)15(17)21-13/h5-8,14H,3-4H2,1-2H3. The Morgan fingerprint density at radius 3 is 2.38 bits per heavy atom. The van der Waals surface area contributed by atoms with Crippen LogP contribution in [0.3, 0.4) is 0 Å². The first-order chi connectivity index (χ1) is 10.1. The fraction of sp³-hybridized carbons (Fsp3) is 0.333. The van der Waals surface area contributed by atoms with Crippen LogP contribution in [0, 0.1) is 0 Å². The van der Waals surface area contributed by atoms with E-state index >= 15 is 0 Å². The van der Waals surface area contributed by atoms with Gasteiger partial charge >= 0.3 is 0 Å². The van der Waals surface area contributed by atoms with E-state index in [9.17, 15) is 0 Å². The predicted octanol–water partition coefficient (Wildman–Crippen LogP) is 6.45. The fourth-order valence-corrected chi connectivity index (χ4v) is 4.33. The summed E-state index contributed by atoms with van der Waals surface area (Å²) in [5.74, 6) is 1.54. The molecule has 0 saturated heterocycles. The Balaban J connectivity index is 2.32. The fourth-order valence-electron chi connectivity index (χ4n) is 1.88. The molecule has 1 atom stereocenters. The van der Waals surface area contributed by atoms with E-state index < -0.39 is 0 Å². The van der Waals surface area contributed by atoms with Crippen molar-refractivity contribution in [2.75, 3.05) is 13.2 Å². The van der Waals surface area contributed by atoms with Crippen LogP contribution in [0.5, 0.6) is 11.5 Å². The Hall–Kier alpha value is -0.230. The van der Waals surface area contributed by atoms with E-state index in [1.165, 1.54) is 0 Å². The van der Waals surface area contributed by atoms with Crippen molar-refractivity contribution >= 4 is 54.8 Å². The zero-order valence-electron chi connectivity index (χ0n) is 11.7. The minimum absolute atomic E-state index is 0.0705. The molecule has 0 bridgehead atoms. The topological polar surface area (TPSA) is 18.5 Å². The van der Waals surface area contributed by atoms with Gasteiger partial charge in [0.25, 0.3) is 0 Å². The van der Waals surface area contributed by atoms with Crippen molar-refractivity contribution in [2.45, 2.75) is 18.7 Å². The molecular formula is C15H15Br2ClO2S. The van der Waals surface area contributed by atoms with Crippen molar-refractivity contribution in [1.82, 2.24) is 0 Å². The molecule has 21 heavy (non-hydrogen) atoms. The summed E-state index contributed by atoms with van der Waals surface area (Å²) in [6, 6.07) is 7.96. The number of benzene rings is 1. The molecular weight excluding hydrogens is 439 g/mol. The number of rotatable bonds is 6. The lowest BCUT2D eigenvalue weighted by molar-refractivity contribution is 0.287. The molecule has 1 aromatic heterocycles. The van der Waals surface area contributed by atoms with Crippen molar-refractivity contribution in [3.05, 3.63) is 43.5 Å². The number of hydrogen-bond donors (Lipinski definition) is 0. The van der Waals surface area contributed by atoms with Gasteiger partial charge in [-0.05, 0) is 53.5 Å². The minimum atomic E-state index is 0.0705. The Kier molecular flexibility index (Phi) is 6.41. The average Bonchev–Trinajstić information content (AvgIpc) is 2.80. The highest BCUT2D eigenvalue weighted by Crippen LogP contribution is 2.43. The van der Waals surface area contributed by atoms with Crippen LogP contribution in [0.25, 0.3) is 0 Å². The highest BCUT2D eigenvalue weighted by molar-refractivity contribution is 9.11. The molecule has 1 unspecified atom stereocenters. The van der Waals surface area contributed by atoms with Crippen molar-refractivity contribution in [1.29, 1.82) is 0 Å². The minimum Gasteiger partial charge on any atom is -0.490 e. The molecule has 2 rings (SSSR count). The molecule has 0 spiro atoms. The Morgan fingerprint density at radius 2 is 1.81 bits per heavy atom. The summed E-state index contributed by atoms with van der Waals surface area (Å²) in [5, 5.41) is 0.732. The zero-order chi connectivity index (χ0) is 15.4. The van der Waals surface area contributed by atoms with Crippen molar-refractivity contribution in [3.63, 3.8) is 0 Å². The maximum atomic E-state index is 6.11. The van der Waals surface area contributed by atoms with Crippen LogP contribution in [-0.4, -0.2) is 13.2 Å². The zero-order valence-corrected chi connectivity index (χ0v) is 16.4. The van der Waals surface area contributed by atoms with E-state index in [1.54, 1.807) is 11.3 Å². The quantitative estimate of drug-likeness (QED) is 0.467. The second kappa shape index (κ2) is 7.86. The Morgan fingerprint density at radius 1 is 1.14 bits per heavy atom. The van der Waals surface area contributed by atoms with Gasteiger partial charge in [0.1, 0.15) is 0 Å². The van der Waals surface area contributed by atoms with Gasteiger partial charge in [0.15, 0.2) is 11.5 Å². The van der Waals surface area contributed by atoms with Crippen molar-refractivity contribution < 1.29 is 9.47 Å². The molecule has 2 nitrogen and oxygen atoms in total. The molecule has 0 aliphatic heterocycles. The van der Waals surface area contributed by atoms with Crippen LogP contribution < -0.4 is 9.47 Å². The molecule has 0 saturated carbocycles. The van der Waals surface area contributed by atoms with E-state index in [-0.39, 0.29) is 4.83 Å². The number of ether oxygens (including phenoxy) is 2. The second-order valence-corrected chi connectivity index (χ2v) is 7.93. The summed E-state index contributed by atoms with van der Waals surface area (Å²) in [5.41, 5.74) is 1.10. The first kappa shape index (κ1) is 17.1. The first-order valence-corrected chi connectivity index (χ1v) is 9.45. The van der Waals surface area contributed by atoms with Gasteiger partial charge in [-0.2, -0.15) is 0 Å². The van der Waals surface area contributed by atoms with E-state index in [4.69, 9.17) is 21.1 Å². The van der Waals surface area contributed by atoms with Gasteiger partial charge in [0, 0.05) is 4.88 Å². The lowest BCUT2D eigenvalue weighted by Crippen LogP contribution is -2.00. The first-order valence-electron chi connectivity index (χ1n) is 6.55. The Labute approximate surface area is 150 Å². The summed E-state index contributed by atoms with van der Waals surface area (Å²) >= 11 is 14.9. The normalized spacial score (nSPS) is 12.2. The SMILES string of the molecule is CCOc1ccc(C(Br)c2cc(Cl)c(Br)s2)cc1OCC. The van der Waals surface area contributed by atoms with Crippen LogP contribution >= 0.6 is 54.8 Å². The second-order valence-electron chi connectivity index (χ2n) is 4.21. The van der Waals surface area contributed by atoms with Gasteiger partial charge in [-0.3, -0.25) is 0 Å². The lowest BCUT2D eigenvalue weighted by Gasteiger charge is -2.14. The smallest absolute Gasteiger partial charge is 0.161 e. The maximum Gasteiger partial charge on any atom is 0.161 e. The van der Waals surface area contributed by atoms with Gasteiger partial charge in [0.2, 0.25) is 0 Å². The summed E-state index contributed by atoms with van der Waals surface area (Å²) in [7, 11) is 0. The molecule has 6 heteroatoms. The van der Waals surface area contributed by atoms with Gasteiger partial charge in [-0.25, -0.2) is 0 Å². The van der Waals surface area contributed by atoms with Gasteiger partial charge in [-0.1, -0.05) is 33.6 Å². The van der Waals surface area contributed by atoms with E-state index in [1.807, 2.05) is 38.1 Å².